The summed E-state index contributed by atoms with van der Waals surface area (Å²) in [4.78, 5) is 37.2. The molecule has 1 aromatic rings. The molecule has 1 fully saturated rings. The topological polar surface area (TPSA) is 75.7 Å². The second kappa shape index (κ2) is 7.96. The quantitative estimate of drug-likeness (QED) is 0.649. The van der Waals surface area contributed by atoms with Gasteiger partial charge in [-0.15, -0.1) is 0 Å². The molecule has 2 rings (SSSR count). The molecule has 2 amide bonds. The van der Waals surface area contributed by atoms with Crippen molar-refractivity contribution in [1.29, 1.82) is 0 Å². The Hall–Kier alpha value is -2.35. The summed E-state index contributed by atoms with van der Waals surface area (Å²) in [6, 6.07) is 4.48. The van der Waals surface area contributed by atoms with E-state index in [1.54, 1.807) is 13.8 Å². The zero-order chi connectivity index (χ0) is 17.7. The van der Waals surface area contributed by atoms with E-state index in [1.165, 1.54) is 47.0 Å². The van der Waals surface area contributed by atoms with E-state index in [-0.39, 0.29) is 18.3 Å². The van der Waals surface area contributed by atoms with Crippen molar-refractivity contribution in [3.8, 4) is 0 Å². The van der Waals surface area contributed by atoms with E-state index in [4.69, 9.17) is 4.74 Å². The molecular weight excluding hydrogens is 335 g/mol. The van der Waals surface area contributed by atoms with Gasteiger partial charge >= 0.3 is 5.97 Å². The first-order valence-electron chi connectivity index (χ1n) is 7.32. The van der Waals surface area contributed by atoms with Crippen molar-refractivity contribution < 1.29 is 23.5 Å². The number of nitrogens with zero attached hydrogens (tertiary/aromatic N) is 1. The number of carbonyl (C=O) groups excluding carboxylic acids is 3. The molecule has 8 heteroatoms. The number of esters is 1. The predicted octanol–water partition coefficient (Wildman–Crippen LogP) is 2.13. The first kappa shape index (κ1) is 18.0. The maximum Gasteiger partial charge on any atom is 0.333 e. The van der Waals surface area contributed by atoms with Crippen molar-refractivity contribution in [2.45, 2.75) is 19.9 Å². The maximum atomic E-state index is 12.9. The lowest BCUT2D eigenvalue weighted by Crippen LogP contribution is -2.42. The van der Waals surface area contributed by atoms with Gasteiger partial charge in [0.2, 0.25) is 11.8 Å². The van der Waals surface area contributed by atoms with Crippen LogP contribution in [0.3, 0.4) is 0 Å². The van der Waals surface area contributed by atoms with Gasteiger partial charge in [-0.2, -0.15) is 0 Å². The number of thioether (sulfide) groups is 1. The molecule has 1 saturated heterocycles. The lowest BCUT2D eigenvalue weighted by Gasteiger charge is -2.24. The summed E-state index contributed by atoms with van der Waals surface area (Å²) < 4.78 is 17.7. The molecule has 1 heterocycles. The lowest BCUT2D eigenvalue weighted by molar-refractivity contribution is -0.137. The van der Waals surface area contributed by atoms with Crippen LogP contribution in [0.25, 0.3) is 0 Å². The summed E-state index contributed by atoms with van der Waals surface area (Å²) >= 11 is 1.17. The Bertz CT molecular complexity index is 675. The minimum Gasteiger partial charge on any atom is -0.463 e. The first-order chi connectivity index (χ1) is 11.4. The fourth-order valence-electron chi connectivity index (χ4n) is 2.10. The monoisotopic (exact) mass is 352 g/mol. The number of rotatable bonds is 5. The van der Waals surface area contributed by atoms with Crippen molar-refractivity contribution in [2.75, 3.05) is 17.7 Å². The van der Waals surface area contributed by atoms with Crippen LogP contribution in [0.2, 0.25) is 0 Å². The Kier molecular flexibility index (Phi) is 5.97. The Labute approximate surface area is 143 Å². The SMILES string of the molecule is CCOC(=O)/C=C1\SCC(=O)N1C(C)C(=O)Nc1ccc(F)cc1. The molecule has 1 unspecified atom stereocenters. The summed E-state index contributed by atoms with van der Waals surface area (Å²) in [5.41, 5.74) is 0.420. The molecule has 128 valence electrons. The van der Waals surface area contributed by atoms with Gasteiger partial charge in [0.15, 0.2) is 0 Å². The number of amides is 2. The Morgan fingerprint density at radius 2 is 2.08 bits per heavy atom. The smallest absolute Gasteiger partial charge is 0.333 e. The molecule has 0 spiro atoms. The summed E-state index contributed by atoms with van der Waals surface area (Å²) in [6.07, 6.45) is 1.21. The van der Waals surface area contributed by atoms with Gasteiger partial charge in [-0.25, -0.2) is 9.18 Å². The fourth-order valence-corrected chi connectivity index (χ4v) is 3.09. The summed E-state index contributed by atoms with van der Waals surface area (Å²) in [5, 5.41) is 2.99. The molecular formula is C16H17FN2O4S. The van der Waals surface area contributed by atoms with Gasteiger partial charge in [0.1, 0.15) is 11.9 Å². The Morgan fingerprint density at radius 1 is 1.42 bits per heavy atom. The van der Waals surface area contributed by atoms with Gasteiger partial charge < -0.3 is 10.1 Å². The van der Waals surface area contributed by atoms with E-state index in [0.717, 1.165) is 0 Å². The van der Waals surface area contributed by atoms with Gasteiger partial charge in [0.25, 0.3) is 0 Å². The molecule has 0 aliphatic carbocycles. The van der Waals surface area contributed by atoms with Crippen LogP contribution in [-0.2, 0) is 19.1 Å². The van der Waals surface area contributed by atoms with Crippen LogP contribution in [0.1, 0.15) is 13.8 Å². The third-order valence-corrected chi connectivity index (χ3v) is 4.26. The van der Waals surface area contributed by atoms with Crippen molar-refractivity contribution in [3.05, 3.63) is 41.2 Å². The Balaban J connectivity index is 2.11. The van der Waals surface area contributed by atoms with Crippen molar-refractivity contribution in [1.82, 2.24) is 4.90 Å². The molecule has 0 bridgehead atoms. The van der Waals surface area contributed by atoms with Crippen LogP contribution in [0.5, 0.6) is 0 Å². The van der Waals surface area contributed by atoms with Crippen LogP contribution in [0.4, 0.5) is 10.1 Å². The number of benzene rings is 1. The molecule has 0 saturated carbocycles. The molecule has 1 aromatic carbocycles. The minimum atomic E-state index is -0.821. The number of hydrogen-bond donors (Lipinski definition) is 1. The molecule has 0 radical (unpaired) electrons. The predicted molar refractivity (Wildman–Crippen MR) is 88.5 cm³/mol. The normalized spacial score (nSPS) is 17.0. The Morgan fingerprint density at radius 3 is 2.71 bits per heavy atom. The minimum absolute atomic E-state index is 0.152. The number of nitrogens with one attached hydrogen (secondary N) is 1. The average molecular weight is 352 g/mol. The molecule has 1 N–H and O–H groups in total. The maximum absolute atomic E-state index is 12.9. The standard InChI is InChI=1S/C16H17FN2O4S/c1-3-23-15(21)8-14-19(13(20)9-24-14)10(2)16(22)18-12-6-4-11(17)5-7-12/h4-8,10H,3,9H2,1-2H3,(H,18,22)/b14-8-. The highest BCUT2D eigenvalue weighted by Gasteiger charge is 2.34. The van der Waals surface area contributed by atoms with E-state index >= 15 is 0 Å². The van der Waals surface area contributed by atoms with Gasteiger partial charge in [0.05, 0.1) is 23.5 Å². The first-order valence-corrected chi connectivity index (χ1v) is 8.30. The molecule has 1 aliphatic heterocycles. The van der Waals surface area contributed by atoms with Crippen LogP contribution in [0.15, 0.2) is 35.4 Å². The van der Waals surface area contributed by atoms with E-state index < -0.39 is 23.7 Å². The number of hydrogen-bond acceptors (Lipinski definition) is 5. The van der Waals surface area contributed by atoms with Gasteiger partial charge in [-0.3, -0.25) is 14.5 Å². The summed E-state index contributed by atoms with van der Waals surface area (Å²) in [7, 11) is 0. The molecule has 1 aliphatic rings. The van der Waals surface area contributed by atoms with Crippen LogP contribution < -0.4 is 5.32 Å². The molecule has 24 heavy (non-hydrogen) atoms. The van der Waals surface area contributed by atoms with Crippen LogP contribution in [-0.4, -0.2) is 41.1 Å². The van der Waals surface area contributed by atoms with Crippen molar-refractivity contribution >= 4 is 35.2 Å². The molecule has 6 nitrogen and oxygen atoms in total. The number of ether oxygens (including phenoxy) is 1. The summed E-state index contributed by atoms with van der Waals surface area (Å²) in [5.74, 6) is -1.53. The van der Waals surface area contributed by atoms with Crippen molar-refractivity contribution in [3.63, 3.8) is 0 Å². The zero-order valence-corrected chi connectivity index (χ0v) is 14.1. The summed E-state index contributed by atoms with van der Waals surface area (Å²) in [6.45, 7) is 3.46. The number of halogens is 1. The highest BCUT2D eigenvalue weighted by molar-refractivity contribution is 8.04. The second-order valence-electron chi connectivity index (χ2n) is 4.96. The average Bonchev–Trinajstić information content (AvgIpc) is 2.89. The zero-order valence-electron chi connectivity index (χ0n) is 13.2. The van der Waals surface area contributed by atoms with E-state index in [2.05, 4.69) is 5.32 Å². The van der Waals surface area contributed by atoms with E-state index in [9.17, 15) is 18.8 Å². The molecule has 1 atom stereocenters. The van der Waals surface area contributed by atoms with Gasteiger partial charge in [-0.1, -0.05) is 11.8 Å². The van der Waals surface area contributed by atoms with Gasteiger partial charge in [-0.05, 0) is 38.1 Å². The number of anilines is 1. The van der Waals surface area contributed by atoms with E-state index in [1.807, 2.05) is 0 Å². The van der Waals surface area contributed by atoms with Crippen LogP contribution >= 0.6 is 11.8 Å². The molecule has 0 aromatic heterocycles. The van der Waals surface area contributed by atoms with Crippen molar-refractivity contribution in [2.24, 2.45) is 0 Å². The highest BCUT2D eigenvalue weighted by Crippen LogP contribution is 2.31. The van der Waals surface area contributed by atoms with E-state index in [0.29, 0.717) is 10.7 Å². The largest absolute Gasteiger partial charge is 0.463 e. The fraction of sp³-hybridized carbons (Fsp3) is 0.312. The van der Waals surface area contributed by atoms with Crippen LogP contribution in [0, 0.1) is 5.82 Å². The second-order valence-corrected chi connectivity index (χ2v) is 5.95. The number of carbonyl (C=O) groups is 3. The third-order valence-electron chi connectivity index (χ3n) is 3.26. The third kappa shape index (κ3) is 4.35. The highest BCUT2D eigenvalue weighted by atomic mass is 32.2. The lowest BCUT2D eigenvalue weighted by atomic mass is 10.2. The van der Waals surface area contributed by atoms with Gasteiger partial charge in [0, 0.05) is 5.69 Å².